The first-order valence-electron chi connectivity index (χ1n) is 31.7. The highest BCUT2D eigenvalue weighted by Gasteiger charge is 2.28. The van der Waals surface area contributed by atoms with Gasteiger partial charge in [0.2, 0.25) is 0 Å². The molecule has 0 bridgehead atoms. The van der Waals surface area contributed by atoms with Gasteiger partial charge in [0, 0.05) is 124 Å². The summed E-state index contributed by atoms with van der Waals surface area (Å²) in [5, 5.41) is 8.40. The zero-order chi connectivity index (χ0) is 69.8. The standard InChI is InChI=1S/C25H22N2O2.C19H17BrN2O3.C18H15BrN2O2.C18H16N2O2/c1-26-18-22(21-14-8-9-15-23(21)26)24(28)25(29)27(16-19-10-4-2-5-11-19)17-20-12-6-3-7-13-20;1-25-14-5-2-12(3-6-14)8-9-21-19(24)18(23)16-11-22-17-7-4-13(20)10-15(16)17;19-13-6-7-16-14(10-13)15(11-21-16)17(22)18(23)20-9-8-12-4-2-1-3-5-12;1-20(12-13-7-3-2-4-8-13)18(22)17(21)15-11-19-16-10-6-5-9-14(15)16/h2-15,18H,16-17H2,1H3;2-7,10-11,22H,8-9H2,1H3,(H,21,24);1-7,10-11,21H,8-9H2,(H,20,23);2-11,19H,12H2,1H3. The van der Waals surface area contributed by atoms with Crippen molar-refractivity contribution in [3.8, 4) is 5.75 Å². The molecule has 4 heterocycles. The average molecular weight is 1450 g/mol. The Labute approximate surface area is 588 Å². The molecule has 0 aliphatic heterocycles. The molecule has 498 valence electrons. The number of hydrogen-bond acceptors (Lipinski definition) is 9. The quantitative estimate of drug-likeness (QED) is 0.0340. The second-order valence-electron chi connectivity index (χ2n) is 23.1. The van der Waals surface area contributed by atoms with Gasteiger partial charge in [-0.3, -0.25) is 38.4 Å². The first kappa shape index (κ1) is 70.3. The Morgan fingerprint density at radius 2 is 0.808 bits per heavy atom. The molecule has 17 nitrogen and oxygen atoms in total. The Hall–Kier alpha value is -11.5. The van der Waals surface area contributed by atoms with Crippen molar-refractivity contribution in [1.29, 1.82) is 0 Å². The molecule has 13 aromatic rings. The number of H-pyrrole nitrogens is 3. The van der Waals surface area contributed by atoms with Crippen molar-refractivity contribution < 1.29 is 43.1 Å². The molecule has 0 atom stereocenters. The number of ketones is 4. The molecule has 0 aliphatic rings. The average Bonchev–Trinajstić information content (AvgIpc) is 1.74. The number of Topliss-reactive ketones (excluding diaryl/α,β-unsaturated/α-hetero) is 4. The fraction of sp³-hybridized carbons (Fsp3) is 0.125. The predicted octanol–water partition coefficient (Wildman–Crippen LogP) is 14.6. The third kappa shape index (κ3) is 18.3. The highest BCUT2D eigenvalue weighted by Crippen LogP contribution is 2.27. The van der Waals surface area contributed by atoms with Gasteiger partial charge in [-0.05, 0) is 101 Å². The van der Waals surface area contributed by atoms with Gasteiger partial charge in [0.25, 0.3) is 46.8 Å². The minimum absolute atomic E-state index is 0.373. The van der Waals surface area contributed by atoms with E-state index < -0.39 is 46.8 Å². The van der Waals surface area contributed by atoms with Gasteiger partial charge in [0.05, 0.1) is 29.4 Å². The van der Waals surface area contributed by atoms with E-state index in [1.54, 1.807) is 43.8 Å². The number of aryl methyl sites for hydroxylation is 1. The summed E-state index contributed by atoms with van der Waals surface area (Å²) in [6.07, 6.45) is 7.83. The Morgan fingerprint density at radius 3 is 1.29 bits per heavy atom. The van der Waals surface area contributed by atoms with E-state index >= 15 is 0 Å². The number of ether oxygens (including phenoxy) is 1. The number of nitrogens with one attached hydrogen (secondary N) is 5. The maximum atomic E-state index is 13.3. The molecule has 4 amide bonds. The van der Waals surface area contributed by atoms with E-state index in [-0.39, 0.29) is 0 Å². The number of amides is 4. The second-order valence-corrected chi connectivity index (χ2v) is 25.0. The number of para-hydroxylation sites is 2. The number of fused-ring (bicyclic) bond motifs is 4. The molecule has 19 heteroatoms. The Morgan fingerprint density at radius 1 is 0.414 bits per heavy atom. The number of methoxy groups -OCH3 is 1. The normalized spacial score (nSPS) is 10.7. The number of benzene rings is 9. The van der Waals surface area contributed by atoms with Crippen LogP contribution in [0.15, 0.2) is 264 Å². The minimum atomic E-state index is -0.602. The van der Waals surface area contributed by atoms with E-state index in [1.807, 2.05) is 242 Å². The Balaban J connectivity index is 0.000000144. The molecule has 9 aromatic carbocycles. The summed E-state index contributed by atoms with van der Waals surface area (Å²) in [5.74, 6) is -3.43. The third-order valence-corrected chi connectivity index (χ3v) is 17.3. The third-order valence-electron chi connectivity index (χ3n) is 16.3. The van der Waals surface area contributed by atoms with Crippen LogP contribution >= 0.6 is 31.9 Å². The Bertz CT molecular complexity index is 4950. The smallest absolute Gasteiger partial charge is 0.295 e. The van der Waals surface area contributed by atoms with Gasteiger partial charge in [-0.2, -0.15) is 0 Å². The van der Waals surface area contributed by atoms with Crippen LogP contribution < -0.4 is 15.4 Å². The van der Waals surface area contributed by atoms with Crippen LogP contribution in [0, 0.1) is 0 Å². The molecule has 0 fully saturated rings. The summed E-state index contributed by atoms with van der Waals surface area (Å²) in [4.78, 5) is 112. The topological polar surface area (TPSA) is 229 Å². The van der Waals surface area contributed by atoms with Gasteiger partial charge in [-0.25, -0.2) is 0 Å². The molecule has 0 saturated heterocycles. The fourth-order valence-corrected chi connectivity index (χ4v) is 11.8. The van der Waals surface area contributed by atoms with Crippen LogP contribution in [0.2, 0.25) is 0 Å². The molecular formula is C80H70Br2N8O9. The molecule has 0 unspecified atom stereocenters. The minimum Gasteiger partial charge on any atom is -0.497 e. The van der Waals surface area contributed by atoms with Gasteiger partial charge >= 0.3 is 0 Å². The molecule has 0 saturated carbocycles. The van der Waals surface area contributed by atoms with Crippen molar-refractivity contribution in [3.05, 3.63) is 314 Å². The summed E-state index contributed by atoms with van der Waals surface area (Å²) in [6.45, 7) is 1.99. The lowest BCUT2D eigenvalue weighted by Gasteiger charge is -2.22. The van der Waals surface area contributed by atoms with E-state index in [0.29, 0.717) is 67.8 Å². The lowest BCUT2D eigenvalue weighted by atomic mass is 10.1. The summed E-state index contributed by atoms with van der Waals surface area (Å²) >= 11 is 6.76. The summed E-state index contributed by atoms with van der Waals surface area (Å²) in [7, 11) is 5.14. The molecule has 13 rings (SSSR count). The summed E-state index contributed by atoms with van der Waals surface area (Å²) in [6, 6.07) is 72.8. The van der Waals surface area contributed by atoms with Crippen LogP contribution in [0.5, 0.6) is 5.75 Å². The monoisotopic (exact) mass is 1440 g/mol. The number of carbonyl (C=O) groups is 8. The number of hydrogen-bond donors (Lipinski definition) is 5. The highest BCUT2D eigenvalue weighted by molar-refractivity contribution is 9.10. The van der Waals surface area contributed by atoms with E-state index in [1.165, 1.54) is 4.90 Å². The first-order chi connectivity index (χ1) is 48.0. The van der Waals surface area contributed by atoms with Crippen molar-refractivity contribution in [1.82, 2.24) is 40.0 Å². The van der Waals surface area contributed by atoms with Crippen LogP contribution in [0.3, 0.4) is 0 Å². The predicted molar refractivity (Wildman–Crippen MR) is 393 cm³/mol. The van der Waals surface area contributed by atoms with E-state index in [9.17, 15) is 38.4 Å². The lowest BCUT2D eigenvalue weighted by molar-refractivity contribution is -0.127. The number of aromatic nitrogens is 4. The summed E-state index contributed by atoms with van der Waals surface area (Å²) in [5.41, 5.74) is 10.2. The van der Waals surface area contributed by atoms with Gasteiger partial charge < -0.3 is 44.7 Å². The Kier molecular flexibility index (Phi) is 24.1. The van der Waals surface area contributed by atoms with Crippen LogP contribution in [-0.2, 0) is 58.7 Å². The molecule has 0 radical (unpaired) electrons. The number of likely N-dealkylation sites (N-methyl/N-ethyl adjacent to an activating group) is 1. The number of carbonyl (C=O) groups excluding carboxylic acids is 8. The maximum absolute atomic E-state index is 13.3. The first-order valence-corrected chi connectivity index (χ1v) is 33.3. The molecule has 0 aliphatic carbocycles. The van der Waals surface area contributed by atoms with Crippen LogP contribution in [-0.4, -0.2) is 103 Å². The van der Waals surface area contributed by atoms with E-state index in [2.05, 4.69) is 57.4 Å². The van der Waals surface area contributed by atoms with E-state index in [4.69, 9.17) is 4.74 Å². The number of halogens is 2. The maximum Gasteiger partial charge on any atom is 0.295 e. The van der Waals surface area contributed by atoms with Crippen molar-refractivity contribution in [2.75, 3.05) is 27.2 Å². The molecule has 0 spiro atoms. The van der Waals surface area contributed by atoms with Crippen LogP contribution in [0.4, 0.5) is 0 Å². The van der Waals surface area contributed by atoms with E-state index in [0.717, 1.165) is 86.1 Å². The van der Waals surface area contributed by atoms with Crippen LogP contribution in [0.1, 0.15) is 69.2 Å². The zero-order valence-electron chi connectivity index (χ0n) is 54.5. The van der Waals surface area contributed by atoms with Crippen molar-refractivity contribution in [3.63, 3.8) is 0 Å². The van der Waals surface area contributed by atoms with Crippen molar-refractivity contribution in [2.45, 2.75) is 32.5 Å². The summed E-state index contributed by atoms with van der Waals surface area (Å²) < 4.78 is 8.71. The number of aromatic amines is 3. The largest absolute Gasteiger partial charge is 0.497 e. The van der Waals surface area contributed by atoms with Gasteiger partial charge in [0.15, 0.2) is 0 Å². The lowest BCUT2D eigenvalue weighted by Crippen LogP contribution is -2.35. The number of nitrogens with zero attached hydrogens (tertiary/aromatic N) is 3. The molecular weight excluding hydrogens is 1380 g/mol. The van der Waals surface area contributed by atoms with Gasteiger partial charge in [0.1, 0.15) is 5.75 Å². The molecule has 4 aromatic heterocycles. The van der Waals surface area contributed by atoms with Gasteiger partial charge in [-0.1, -0.05) is 202 Å². The molecule has 5 N–H and O–H groups in total. The SMILES string of the molecule is CN(Cc1ccccc1)C(=O)C(=O)c1c[nH]c2ccccc12.COc1ccc(CCNC(=O)C(=O)c2c[nH]c3ccc(Br)cc23)cc1.Cn1cc(C(=O)C(=O)N(Cc2ccccc2)Cc2ccccc2)c2ccccc21.O=C(NCCc1ccccc1)C(=O)c1c[nH]c2ccc(Br)cc12. The molecule has 99 heavy (non-hydrogen) atoms. The number of rotatable bonds is 21. The van der Waals surface area contributed by atoms with Crippen molar-refractivity contribution >= 4 is 122 Å². The zero-order valence-corrected chi connectivity index (χ0v) is 57.6. The van der Waals surface area contributed by atoms with Crippen LogP contribution in [0.25, 0.3) is 43.6 Å². The van der Waals surface area contributed by atoms with Crippen molar-refractivity contribution in [2.24, 2.45) is 7.05 Å². The highest BCUT2D eigenvalue weighted by atomic mass is 79.9. The fourth-order valence-electron chi connectivity index (χ4n) is 11.1. The van der Waals surface area contributed by atoms with Gasteiger partial charge in [-0.15, -0.1) is 0 Å². The second kappa shape index (κ2) is 33.9.